The van der Waals surface area contributed by atoms with E-state index < -0.39 is 35.1 Å². The van der Waals surface area contributed by atoms with Gasteiger partial charge < -0.3 is 10.2 Å². The van der Waals surface area contributed by atoms with Crippen LogP contribution in [0.15, 0.2) is 108 Å². The molecule has 1 saturated heterocycles. The van der Waals surface area contributed by atoms with E-state index in [1.807, 2.05) is 59.5 Å². The summed E-state index contributed by atoms with van der Waals surface area (Å²) in [5.41, 5.74) is 2.03. The van der Waals surface area contributed by atoms with E-state index in [1.165, 1.54) is 24.3 Å². The highest BCUT2D eigenvalue weighted by Crippen LogP contribution is 2.58. The zero-order valence-corrected chi connectivity index (χ0v) is 22.6. The Kier molecular flexibility index (Phi) is 5.61. The SMILES string of the molecule is O=C(c1ccc(F)cc1)[C@@H]1C2C=Cc3ccccc3N2[C@H](C(=O)c2ccc(Br)cc2)[C@]12C(=O)Nc1ccccc12. The van der Waals surface area contributed by atoms with Crippen LogP contribution in [-0.2, 0) is 10.2 Å². The highest BCUT2D eigenvalue weighted by molar-refractivity contribution is 9.10. The predicted molar refractivity (Wildman–Crippen MR) is 155 cm³/mol. The normalized spacial score (nSPS) is 23.9. The summed E-state index contributed by atoms with van der Waals surface area (Å²) < 4.78 is 14.7. The third-order valence-electron chi connectivity index (χ3n) is 8.34. The second kappa shape index (κ2) is 9.10. The third-order valence-corrected chi connectivity index (χ3v) is 8.86. The number of anilines is 2. The van der Waals surface area contributed by atoms with Gasteiger partial charge in [0, 0.05) is 27.0 Å². The van der Waals surface area contributed by atoms with Gasteiger partial charge in [-0.2, -0.15) is 0 Å². The van der Waals surface area contributed by atoms with Crippen LogP contribution < -0.4 is 10.2 Å². The molecule has 4 atom stereocenters. The molecule has 4 aromatic carbocycles. The molecule has 1 amide bonds. The van der Waals surface area contributed by atoms with Crippen LogP contribution in [0.4, 0.5) is 15.8 Å². The van der Waals surface area contributed by atoms with Crippen molar-refractivity contribution in [3.05, 3.63) is 136 Å². The van der Waals surface area contributed by atoms with Gasteiger partial charge >= 0.3 is 0 Å². The molecule has 3 heterocycles. The molecule has 1 fully saturated rings. The Morgan fingerprint density at radius 2 is 1.48 bits per heavy atom. The van der Waals surface area contributed by atoms with Crippen molar-refractivity contribution in [2.75, 3.05) is 10.2 Å². The number of hydrogen-bond donors (Lipinski definition) is 1. The van der Waals surface area contributed by atoms with Crippen LogP contribution >= 0.6 is 15.9 Å². The van der Waals surface area contributed by atoms with Gasteiger partial charge in [0.15, 0.2) is 11.6 Å². The average molecular weight is 593 g/mol. The number of ketones is 2. The lowest BCUT2D eigenvalue weighted by Crippen LogP contribution is -2.55. The first-order valence-corrected chi connectivity index (χ1v) is 13.8. The Morgan fingerprint density at radius 3 is 2.25 bits per heavy atom. The smallest absolute Gasteiger partial charge is 0.238 e. The number of carbonyl (C=O) groups excluding carboxylic acids is 3. The molecular weight excluding hydrogens is 571 g/mol. The van der Waals surface area contributed by atoms with Crippen molar-refractivity contribution >= 4 is 50.9 Å². The van der Waals surface area contributed by atoms with E-state index in [9.17, 15) is 18.8 Å². The van der Waals surface area contributed by atoms with Gasteiger partial charge in [-0.05, 0) is 59.7 Å². The molecule has 3 aliphatic rings. The van der Waals surface area contributed by atoms with Crippen molar-refractivity contribution in [2.24, 2.45) is 5.92 Å². The van der Waals surface area contributed by atoms with Crippen molar-refractivity contribution in [3.8, 4) is 0 Å². The topological polar surface area (TPSA) is 66.5 Å². The molecule has 1 spiro atoms. The fourth-order valence-corrected chi connectivity index (χ4v) is 6.97. The van der Waals surface area contributed by atoms with E-state index in [1.54, 1.807) is 30.3 Å². The Bertz CT molecular complexity index is 1730. The maximum Gasteiger partial charge on any atom is 0.238 e. The lowest BCUT2D eigenvalue weighted by atomic mass is 9.63. The summed E-state index contributed by atoms with van der Waals surface area (Å²) in [5.74, 6) is -2.40. The zero-order valence-electron chi connectivity index (χ0n) is 21.1. The number of nitrogens with zero attached hydrogens (tertiary/aromatic N) is 1. The fraction of sp³-hybridized carbons (Fsp3) is 0.121. The molecule has 0 bridgehead atoms. The van der Waals surface area contributed by atoms with Crippen LogP contribution in [0, 0.1) is 11.7 Å². The molecule has 0 radical (unpaired) electrons. The van der Waals surface area contributed by atoms with E-state index in [4.69, 9.17) is 0 Å². The van der Waals surface area contributed by atoms with Gasteiger partial charge in [0.1, 0.15) is 17.3 Å². The first-order valence-electron chi connectivity index (χ1n) is 13.0. The number of fused-ring (bicyclic) bond motifs is 5. The molecule has 4 aromatic rings. The predicted octanol–water partition coefficient (Wildman–Crippen LogP) is 6.44. The largest absolute Gasteiger partial charge is 0.352 e. The molecule has 5 nitrogen and oxygen atoms in total. The highest BCUT2D eigenvalue weighted by atomic mass is 79.9. The number of halogens is 2. The van der Waals surface area contributed by atoms with Crippen LogP contribution in [0.1, 0.15) is 31.8 Å². The fourth-order valence-electron chi connectivity index (χ4n) is 6.70. The molecule has 0 aromatic heterocycles. The van der Waals surface area contributed by atoms with Crippen molar-refractivity contribution in [3.63, 3.8) is 0 Å². The molecule has 7 rings (SSSR count). The summed E-state index contributed by atoms with van der Waals surface area (Å²) >= 11 is 3.44. The van der Waals surface area contributed by atoms with E-state index in [-0.39, 0.29) is 17.1 Å². The number of amides is 1. The minimum Gasteiger partial charge on any atom is -0.352 e. The third kappa shape index (κ3) is 3.40. The Balaban J connectivity index is 1.53. The van der Waals surface area contributed by atoms with Crippen molar-refractivity contribution < 1.29 is 18.8 Å². The van der Waals surface area contributed by atoms with Crippen LogP contribution in [-0.4, -0.2) is 29.6 Å². The highest BCUT2D eigenvalue weighted by Gasteiger charge is 2.70. The monoisotopic (exact) mass is 592 g/mol. The van der Waals surface area contributed by atoms with Gasteiger partial charge in [-0.1, -0.05) is 76.6 Å². The summed E-state index contributed by atoms with van der Waals surface area (Å²) in [5, 5.41) is 2.99. The summed E-state index contributed by atoms with van der Waals surface area (Å²) in [7, 11) is 0. The molecular formula is C33H22BrFN2O3. The van der Waals surface area contributed by atoms with Gasteiger partial charge in [0.25, 0.3) is 0 Å². The Morgan fingerprint density at radius 1 is 0.825 bits per heavy atom. The Hall–Kier alpha value is -4.36. The van der Waals surface area contributed by atoms with Gasteiger partial charge in [-0.15, -0.1) is 0 Å². The minimum absolute atomic E-state index is 0.260. The molecule has 0 aliphatic carbocycles. The van der Waals surface area contributed by atoms with Crippen molar-refractivity contribution in [1.29, 1.82) is 0 Å². The molecule has 196 valence electrons. The summed E-state index contributed by atoms with van der Waals surface area (Å²) in [4.78, 5) is 45.5. The molecule has 3 aliphatic heterocycles. The molecule has 0 saturated carbocycles. The van der Waals surface area contributed by atoms with Gasteiger partial charge in [0.05, 0.1) is 12.0 Å². The first kappa shape index (κ1) is 24.7. The summed E-state index contributed by atoms with van der Waals surface area (Å²) in [6.07, 6.45) is 3.86. The number of carbonyl (C=O) groups is 3. The van der Waals surface area contributed by atoms with Crippen LogP contribution in [0.25, 0.3) is 6.08 Å². The summed E-state index contributed by atoms with van der Waals surface area (Å²) in [6, 6.07) is 25.7. The number of hydrogen-bond acceptors (Lipinski definition) is 4. The number of rotatable bonds is 4. The van der Waals surface area contributed by atoms with E-state index in [0.29, 0.717) is 16.8 Å². The van der Waals surface area contributed by atoms with E-state index in [2.05, 4.69) is 21.2 Å². The lowest BCUT2D eigenvalue weighted by Gasteiger charge is -2.37. The van der Waals surface area contributed by atoms with E-state index >= 15 is 0 Å². The maximum absolute atomic E-state index is 14.7. The molecule has 1 unspecified atom stereocenters. The van der Waals surface area contributed by atoms with Crippen LogP contribution in [0.3, 0.4) is 0 Å². The van der Waals surface area contributed by atoms with Gasteiger partial charge in [-0.25, -0.2) is 4.39 Å². The second-order valence-electron chi connectivity index (χ2n) is 10.3. The van der Waals surface area contributed by atoms with Crippen LogP contribution in [0.5, 0.6) is 0 Å². The first-order chi connectivity index (χ1) is 19.4. The number of benzene rings is 4. The average Bonchev–Trinajstić information content (AvgIpc) is 3.45. The standard InChI is InChI=1S/C33H22BrFN2O3/c34-22-14-9-21(10-15-22)30(39)31-33(24-6-2-3-7-25(24)36-32(33)40)28(29(38)20-11-16-23(35)17-12-20)27-18-13-19-5-1-4-8-26(19)37(27)31/h1-18,27-28,31H,(H,36,40)/t27?,28-,31+,33+/m0/s1. The van der Waals surface area contributed by atoms with E-state index in [0.717, 1.165) is 15.7 Å². The zero-order chi connectivity index (χ0) is 27.6. The van der Waals surface area contributed by atoms with Crippen molar-refractivity contribution in [1.82, 2.24) is 0 Å². The van der Waals surface area contributed by atoms with Gasteiger partial charge in [-0.3, -0.25) is 14.4 Å². The van der Waals surface area contributed by atoms with Crippen molar-refractivity contribution in [2.45, 2.75) is 17.5 Å². The van der Waals surface area contributed by atoms with Crippen LogP contribution in [0.2, 0.25) is 0 Å². The molecule has 1 N–H and O–H groups in total. The van der Waals surface area contributed by atoms with Gasteiger partial charge in [0.2, 0.25) is 5.91 Å². The second-order valence-corrected chi connectivity index (χ2v) is 11.2. The minimum atomic E-state index is -1.54. The number of para-hydroxylation sites is 2. The number of nitrogens with one attached hydrogen (secondary N) is 1. The molecule has 7 heteroatoms. The quantitative estimate of drug-likeness (QED) is 0.277. The Labute approximate surface area is 238 Å². The number of Topliss-reactive ketones (excluding diaryl/α,β-unsaturated/α-hetero) is 2. The lowest BCUT2D eigenvalue weighted by molar-refractivity contribution is -0.121. The summed E-state index contributed by atoms with van der Waals surface area (Å²) in [6.45, 7) is 0. The maximum atomic E-state index is 14.7. The molecule has 40 heavy (non-hydrogen) atoms.